The first-order chi connectivity index (χ1) is 4.13. The third kappa shape index (κ3) is 17.6. The summed E-state index contributed by atoms with van der Waals surface area (Å²) in [5.74, 6) is 0. The first-order valence-corrected chi connectivity index (χ1v) is 5.39. The van der Waals surface area contributed by atoms with Gasteiger partial charge in [0.15, 0.2) is 0 Å². The highest BCUT2D eigenvalue weighted by molar-refractivity contribution is 14.1. The third-order valence-electron chi connectivity index (χ3n) is 0.617. The van der Waals surface area contributed by atoms with Crippen molar-refractivity contribution >= 4 is 34.2 Å². The van der Waals surface area contributed by atoms with Crippen LogP contribution in [0.4, 0.5) is 0 Å². The van der Waals surface area contributed by atoms with E-state index < -0.39 is 0 Å². The van der Waals surface area contributed by atoms with Gasteiger partial charge in [-0.05, 0) is 25.9 Å². The lowest BCUT2D eigenvalue weighted by molar-refractivity contribution is 0.411. The van der Waals surface area contributed by atoms with Crippen molar-refractivity contribution in [3.63, 3.8) is 0 Å². The molecule has 9 heavy (non-hydrogen) atoms. The van der Waals surface area contributed by atoms with E-state index in [2.05, 4.69) is 27.5 Å². The van der Waals surface area contributed by atoms with E-state index in [9.17, 15) is 0 Å². The fraction of sp³-hybridized carbons (Fsp3) is 1.00. The van der Waals surface area contributed by atoms with Crippen molar-refractivity contribution in [2.75, 3.05) is 25.6 Å². The Hall–Kier alpha value is 0.980. The first-order valence-electron chi connectivity index (χ1n) is 2.79. The standard InChI is InChI=1S/C5H12ClN.CH3I/c1-5(6)4-7(2)3;1-2/h5H,4H2,1-3H3;1H3. The molecule has 1 unspecified atom stereocenters. The van der Waals surface area contributed by atoms with Crippen LogP contribution in [-0.4, -0.2) is 35.8 Å². The Labute approximate surface area is 76.9 Å². The maximum absolute atomic E-state index is 5.63. The molecular formula is C6H15ClIN. The molecule has 58 valence electrons. The quantitative estimate of drug-likeness (QED) is 0.545. The molecule has 0 aliphatic heterocycles. The molecule has 0 rings (SSSR count). The Morgan fingerprint density at radius 3 is 1.78 bits per heavy atom. The topological polar surface area (TPSA) is 3.24 Å². The predicted octanol–water partition coefficient (Wildman–Crippen LogP) is 2.23. The molecule has 0 bridgehead atoms. The highest BCUT2D eigenvalue weighted by Gasteiger charge is 1.94. The van der Waals surface area contributed by atoms with E-state index in [1.165, 1.54) is 0 Å². The number of hydrogen-bond donors (Lipinski definition) is 0. The van der Waals surface area contributed by atoms with Gasteiger partial charge in [0.2, 0.25) is 0 Å². The van der Waals surface area contributed by atoms with Gasteiger partial charge in [0, 0.05) is 11.9 Å². The SMILES string of the molecule is CC(Cl)CN(C)C.CI. The van der Waals surface area contributed by atoms with Gasteiger partial charge >= 0.3 is 0 Å². The zero-order valence-electron chi connectivity index (χ0n) is 6.49. The molecule has 1 nitrogen and oxygen atoms in total. The van der Waals surface area contributed by atoms with Crippen molar-refractivity contribution in [3.05, 3.63) is 0 Å². The molecule has 0 spiro atoms. The molecule has 0 aliphatic rings. The second kappa shape index (κ2) is 8.98. The molecule has 0 aromatic carbocycles. The van der Waals surface area contributed by atoms with E-state index in [4.69, 9.17) is 11.6 Å². The highest BCUT2D eigenvalue weighted by atomic mass is 127. The van der Waals surface area contributed by atoms with Gasteiger partial charge < -0.3 is 4.90 Å². The van der Waals surface area contributed by atoms with Gasteiger partial charge in [-0.1, -0.05) is 22.6 Å². The average Bonchev–Trinajstić information content (AvgIpc) is 1.68. The van der Waals surface area contributed by atoms with Crippen molar-refractivity contribution in [3.8, 4) is 0 Å². The number of rotatable bonds is 2. The van der Waals surface area contributed by atoms with E-state index in [1.54, 1.807) is 0 Å². The number of halogens is 2. The van der Waals surface area contributed by atoms with Crippen LogP contribution in [0, 0.1) is 0 Å². The van der Waals surface area contributed by atoms with Crippen molar-refractivity contribution in [2.24, 2.45) is 0 Å². The van der Waals surface area contributed by atoms with Crippen molar-refractivity contribution in [2.45, 2.75) is 12.3 Å². The Balaban J connectivity index is 0. The van der Waals surface area contributed by atoms with Gasteiger partial charge in [-0.3, -0.25) is 0 Å². The van der Waals surface area contributed by atoms with E-state index >= 15 is 0 Å². The molecule has 0 aromatic heterocycles. The Morgan fingerprint density at radius 1 is 1.44 bits per heavy atom. The van der Waals surface area contributed by atoms with E-state index in [1.807, 2.05) is 25.9 Å². The largest absolute Gasteiger partial charge is 0.308 e. The van der Waals surface area contributed by atoms with Crippen LogP contribution >= 0.6 is 34.2 Å². The zero-order valence-corrected chi connectivity index (χ0v) is 9.40. The average molecular weight is 264 g/mol. The lowest BCUT2D eigenvalue weighted by Crippen LogP contribution is -2.19. The maximum atomic E-state index is 5.63. The third-order valence-corrected chi connectivity index (χ3v) is 0.755. The highest BCUT2D eigenvalue weighted by Crippen LogP contribution is 1.92. The van der Waals surface area contributed by atoms with Gasteiger partial charge in [-0.2, -0.15) is 0 Å². The molecule has 1 atom stereocenters. The lowest BCUT2D eigenvalue weighted by atomic mass is 10.4. The number of alkyl halides is 2. The second-order valence-corrected chi connectivity index (χ2v) is 2.79. The normalized spacial score (nSPS) is 12.3. The minimum Gasteiger partial charge on any atom is -0.308 e. The zero-order chi connectivity index (χ0) is 7.86. The molecule has 3 heteroatoms. The van der Waals surface area contributed by atoms with Crippen LogP contribution in [0.3, 0.4) is 0 Å². The predicted molar refractivity (Wildman–Crippen MR) is 53.8 cm³/mol. The molecule has 0 heterocycles. The van der Waals surface area contributed by atoms with Gasteiger partial charge in [-0.25, -0.2) is 0 Å². The number of hydrogen-bond acceptors (Lipinski definition) is 1. The lowest BCUT2D eigenvalue weighted by Gasteiger charge is -2.09. The van der Waals surface area contributed by atoms with E-state index in [0.717, 1.165) is 6.54 Å². The van der Waals surface area contributed by atoms with Crippen LogP contribution in [0.15, 0.2) is 0 Å². The van der Waals surface area contributed by atoms with Crippen molar-refractivity contribution in [1.82, 2.24) is 4.90 Å². The second-order valence-electron chi connectivity index (χ2n) is 2.04. The summed E-state index contributed by atoms with van der Waals surface area (Å²) >= 11 is 7.78. The van der Waals surface area contributed by atoms with Crippen molar-refractivity contribution in [1.29, 1.82) is 0 Å². The van der Waals surface area contributed by atoms with Crippen LogP contribution in [0.1, 0.15) is 6.92 Å². The molecule has 0 saturated carbocycles. The molecule has 0 amide bonds. The number of nitrogens with zero attached hydrogens (tertiary/aromatic N) is 1. The minimum absolute atomic E-state index is 0.273. The van der Waals surface area contributed by atoms with Crippen LogP contribution in [0.5, 0.6) is 0 Å². The van der Waals surface area contributed by atoms with Crippen LogP contribution in [0.2, 0.25) is 0 Å². The molecule has 0 aliphatic carbocycles. The summed E-state index contributed by atoms with van der Waals surface area (Å²) in [7, 11) is 4.03. The van der Waals surface area contributed by atoms with E-state index in [0.29, 0.717) is 0 Å². The summed E-state index contributed by atoms with van der Waals surface area (Å²) in [6.07, 6.45) is 0. The summed E-state index contributed by atoms with van der Waals surface area (Å²) in [4.78, 5) is 4.04. The fourth-order valence-electron chi connectivity index (χ4n) is 0.503. The Bertz CT molecular complexity index is 42.3. The minimum atomic E-state index is 0.273. The summed E-state index contributed by atoms with van der Waals surface area (Å²) in [6, 6.07) is 0. The van der Waals surface area contributed by atoms with Gasteiger partial charge in [0.1, 0.15) is 0 Å². The molecule has 0 saturated heterocycles. The van der Waals surface area contributed by atoms with Gasteiger partial charge in [0.25, 0.3) is 0 Å². The Morgan fingerprint density at radius 2 is 1.78 bits per heavy atom. The summed E-state index contributed by atoms with van der Waals surface area (Å²) in [6.45, 7) is 2.95. The Kier molecular flexibility index (Phi) is 12.6. The van der Waals surface area contributed by atoms with Gasteiger partial charge in [0.05, 0.1) is 0 Å². The summed E-state index contributed by atoms with van der Waals surface area (Å²) in [5, 5.41) is 0.273. The van der Waals surface area contributed by atoms with E-state index in [-0.39, 0.29) is 5.38 Å². The van der Waals surface area contributed by atoms with Gasteiger partial charge in [-0.15, -0.1) is 11.6 Å². The van der Waals surface area contributed by atoms with Crippen LogP contribution < -0.4 is 0 Å². The maximum Gasteiger partial charge on any atom is 0.0434 e. The first kappa shape index (κ1) is 12.6. The smallest absolute Gasteiger partial charge is 0.0434 e. The van der Waals surface area contributed by atoms with Crippen LogP contribution in [0.25, 0.3) is 0 Å². The summed E-state index contributed by atoms with van der Waals surface area (Å²) < 4.78 is 0. The molecule has 0 aromatic rings. The fourth-order valence-corrected chi connectivity index (χ4v) is 0.779. The molecule has 0 fully saturated rings. The van der Waals surface area contributed by atoms with Crippen LogP contribution in [-0.2, 0) is 0 Å². The van der Waals surface area contributed by atoms with Crippen molar-refractivity contribution < 1.29 is 0 Å². The summed E-state index contributed by atoms with van der Waals surface area (Å²) in [5.41, 5.74) is 0. The monoisotopic (exact) mass is 263 g/mol. The molecule has 0 N–H and O–H groups in total. The molecular weight excluding hydrogens is 248 g/mol. The molecule has 0 radical (unpaired) electrons.